The lowest BCUT2D eigenvalue weighted by atomic mass is 9.89. The van der Waals surface area contributed by atoms with Crippen molar-refractivity contribution >= 4 is 5.91 Å². The summed E-state index contributed by atoms with van der Waals surface area (Å²) in [7, 11) is 1.63. The molecule has 0 saturated heterocycles. The van der Waals surface area contributed by atoms with Gasteiger partial charge in [0.15, 0.2) is 6.10 Å². The van der Waals surface area contributed by atoms with E-state index in [1.807, 2.05) is 71.0 Å². The Labute approximate surface area is 173 Å². The SMILES string of the molecule is CC[C@H](Oc1cc(C)ccc1C)C(=O)N[C@H]1CC(C)(C)Oc2ccc(OC)cc21. The zero-order valence-corrected chi connectivity index (χ0v) is 18.2. The van der Waals surface area contributed by atoms with Gasteiger partial charge in [0.25, 0.3) is 5.91 Å². The summed E-state index contributed by atoms with van der Waals surface area (Å²) in [6.45, 7) is 10.0. The molecule has 5 heteroatoms. The molecule has 0 radical (unpaired) electrons. The summed E-state index contributed by atoms with van der Waals surface area (Å²) < 4.78 is 17.6. The summed E-state index contributed by atoms with van der Waals surface area (Å²) in [5.74, 6) is 2.15. The summed E-state index contributed by atoms with van der Waals surface area (Å²) in [6, 6.07) is 11.6. The van der Waals surface area contributed by atoms with E-state index in [1.54, 1.807) is 7.11 Å². The number of carbonyl (C=O) groups is 1. The van der Waals surface area contributed by atoms with Crippen LogP contribution in [0, 0.1) is 13.8 Å². The van der Waals surface area contributed by atoms with Crippen LogP contribution in [0.5, 0.6) is 17.2 Å². The minimum absolute atomic E-state index is 0.120. The Balaban J connectivity index is 1.82. The summed E-state index contributed by atoms with van der Waals surface area (Å²) >= 11 is 0. The molecule has 1 aliphatic rings. The molecule has 0 unspecified atom stereocenters. The zero-order chi connectivity index (χ0) is 21.2. The first kappa shape index (κ1) is 21.0. The normalized spacial score (nSPS) is 18.2. The first-order valence-electron chi connectivity index (χ1n) is 10.1. The van der Waals surface area contributed by atoms with Crippen molar-refractivity contribution in [3.8, 4) is 17.2 Å². The smallest absolute Gasteiger partial charge is 0.261 e. The fourth-order valence-corrected chi connectivity index (χ4v) is 3.66. The Morgan fingerprint density at radius 3 is 2.69 bits per heavy atom. The molecule has 0 aliphatic carbocycles. The molecule has 156 valence electrons. The standard InChI is InChI=1S/C24H31NO4/c1-7-20(28-22-12-15(2)8-9-16(22)3)23(26)25-19-14-24(4,5)29-21-11-10-17(27-6)13-18(19)21/h8-13,19-20H,7,14H2,1-6H3,(H,25,26)/t19-,20-/m0/s1. The van der Waals surface area contributed by atoms with Crippen LogP contribution in [-0.2, 0) is 4.79 Å². The molecule has 2 atom stereocenters. The summed E-state index contributed by atoms with van der Waals surface area (Å²) in [5, 5.41) is 3.19. The van der Waals surface area contributed by atoms with Gasteiger partial charge in [-0.15, -0.1) is 0 Å². The molecule has 0 aromatic heterocycles. The fourth-order valence-electron chi connectivity index (χ4n) is 3.66. The molecule has 2 aromatic carbocycles. The Morgan fingerprint density at radius 1 is 1.24 bits per heavy atom. The zero-order valence-electron chi connectivity index (χ0n) is 18.2. The Hall–Kier alpha value is -2.69. The predicted octanol–water partition coefficient (Wildman–Crippen LogP) is 4.89. The number of hydrogen-bond acceptors (Lipinski definition) is 4. The second kappa shape index (κ2) is 8.36. The van der Waals surface area contributed by atoms with E-state index >= 15 is 0 Å². The predicted molar refractivity (Wildman–Crippen MR) is 114 cm³/mol. The number of carbonyl (C=O) groups excluding carboxylic acids is 1. The van der Waals surface area contributed by atoms with Crippen LogP contribution in [0.15, 0.2) is 36.4 Å². The lowest BCUT2D eigenvalue weighted by molar-refractivity contribution is -0.129. The lowest BCUT2D eigenvalue weighted by Crippen LogP contribution is -2.45. The number of fused-ring (bicyclic) bond motifs is 1. The third kappa shape index (κ3) is 4.84. The van der Waals surface area contributed by atoms with Crippen molar-refractivity contribution in [2.24, 2.45) is 0 Å². The summed E-state index contributed by atoms with van der Waals surface area (Å²) in [4.78, 5) is 13.1. The third-order valence-electron chi connectivity index (χ3n) is 5.27. The Bertz CT molecular complexity index is 890. The van der Waals surface area contributed by atoms with Crippen molar-refractivity contribution in [1.29, 1.82) is 0 Å². The highest BCUT2D eigenvalue weighted by Gasteiger charge is 2.36. The number of methoxy groups -OCH3 is 1. The van der Waals surface area contributed by atoms with Gasteiger partial charge in [-0.1, -0.05) is 19.1 Å². The van der Waals surface area contributed by atoms with Crippen molar-refractivity contribution in [2.75, 3.05) is 7.11 Å². The molecule has 1 N–H and O–H groups in total. The van der Waals surface area contributed by atoms with Crippen LogP contribution in [0.1, 0.15) is 56.3 Å². The van der Waals surface area contributed by atoms with E-state index in [9.17, 15) is 4.79 Å². The molecule has 0 bridgehead atoms. The largest absolute Gasteiger partial charge is 0.497 e. The first-order chi connectivity index (χ1) is 13.7. The van der Waals surface area contributed by atoms with Crippen LogP contribution < -0.4 is 19.5 Å². The van der Waals surface area contributed by atoms with E-state index in [-0.39, 0.29) is 17.6 Å². The van der Waals surface area contributed by atoms with E-state index in [0.717, 1.165) is 33.9 Å². The van der Waals surface area contributed by atoms with Gasteiger partial charge in [0.1, 0.15) is 22.8 Å². The molecule has 5 nitrogen and oxygen atoms in total. The number of rotatable bonds is 6. The van der Waals surface area contributed by atoms with Crippen LogP contribution >= 0.6 is 0 Å². The number of hydrogen-bond donors (Lipinski definition) is 1. The maximum Gasteiger partial charge on any atom is 0.261 e. The molecule has 1 heterocycles. The van der Waals surface area contributed by atoms with Crippen LogP contribution in [0.25, 0.3) is 0 Å². The van der Waals surface area contributed by atoms with E-state index in [2.05, 4.69) is 5.32 Å². The van der Waals surface area contributed by atoms with E-state index in [0.29, 0.717) is 12.8 Å². The van der Waals surface area contributed by atoms with Gasteiger partial charge in [0, 0.05) is 12.0 Å². The maximum absolute atomic E-state index is 13.1. The van der Waals surface area contributed by atoms with Gasteiger partial charge >= 0.3 is 0 Å². The average molecular weight is 398 g/mol. The lowest BCUT2D eigenvalue weighted by Gasteiger charge is -2.38. The molecule has 3 rings (SSSR count). The highest BCUT2D eigenvalue weighted by molar-refractivity contribution is 5.81. The molecule has 0 spiro atoms. The molecular formula is C24H31NO4. The Morgan fingerprint density at radius 2 is 2.00 bits per heavy atom. The second-order valence-electron chi connectivity index (χ2n) is 8.31. The first-order valence-corrected chi connectivity index (χ1v) is 10.1. The highest BCUT2D eigenvalue weighted by atomic mass is 16.5. The van der Waals surface area contributed by atoms with Crippen LogP contribution in [-0.4, -0.2) is 24.7 Å². The molecule has 0 fully saturated rings. The number of nitrogens with one attached hydrogen (secondary N) is 1. The van der Waals surface area contributed by atoms with Crippen molar-refractivity contribution in [3.05, 3.63) is 53.1 Å². The highest BCUT2D eigenvalue weighted by Crippen LogP contribution is 2.41. The minimum atomic E-state index is -0.560. The topological polar surface area (TPSA) is 56.8 Å². The van der Waals surface area contributed by atoms with Gasteiger partial charge in [-0.3, -0.25) is 4.79 Å². The van der Waals surface area contributed by atoms with Gasteiger partial charge in [0.05, 0.1) is 13.2 Å². The molecule has 1 aliphatic heterocycles. The molecule has 0 saturated carbocycles. The van der Waals surface area contributed by atoms with E-state index in [4.69, 9.17) is 14.2 Å². The molecule has 1 amide bonds. The average Bonchev–Trinajstić information content (AvgIpc) is 2.67. The van der Waals surface area contributed by atoms with Crippen LogP contribution in [0.2, 0.25) is 0 Å². The number of aryl methyl sites for hydroxylation is 2. The van der Waals surface area contributed by atoms with Gasteiger partial charge in [0.2, 0.25) is 0 Å². The Kier molecular flexibility index (Phi) is 6.06. The van der Waals surface area contributed by atoms with Gasteiger partial charge < -0.3 is 19.5 Å². The van der Waals surface area contributed by atoms with E-state index in [1.165, 1.54) is 0 Å². The fraction of sp³-hybridized carbons (Fsp3) is 0.458. The monoisotopic (exact) mass is 397 g/mol. The number of benzene rings is 2. The van der Waals surface area contributed by atoms with Crippen molar-refractivity contribution < 1.29 is 19.0 Å². The second-order valence-corrected chi connectivity index (χ2v) is 8.31. The van der Waals surface area contributed by atoms with Gasteiger partial charge in [-0.2, -0.15) is 0 Å². The third-order valence-corrected chi connectivity index (χ3v) is 5.27. The quantitative estimate of drug-likeness (QED) is 0.754. The van der Waals surface area contributed by atoms with Gasteiger partial charge in [-0.25, -0.2) is 0 Å². The van der Waals surface area contributed by atoms with Crippen molar-refractivity contribution in [2.45, 2.75) is 65.2 Å². The molecule has 29 heavy (non-hydrogen) atoms. The van der Waals surface area contributed by atoms with Crippen LogP contribution in [0.4, 0.5) is 0 Å². The molecule has 2 aromatic rings. The summed E-state index contributed by atoms with van der Waals surface area (Å²) in [5.41, 5.74) is 2.67. The number of amides is 1. The van der Waals surface area contributed by atoms with E-state index < -0.39 is 6.10 Å². The van der Waals surface area contributed by atoms with Crippen LogP contribution in [0.3, 0.4) is 0 Å². The maximum atomic E-state index is 13.1. The minimum Gasteiger partial charge on any atom is -0.497 e. The van der Waals surface area contributed by atoms with Crippen molar-refractivity contribution in [3.63, 3.8) is 0 Å². The summed E-state index contributed by atoms with van der Waals surface area (Å²) in [6.07, 6.45) is 0.686. The number of ether oxygens (including phenoxy) is 3. The van der Waals surface area contributed by atoms with Gasteiger partial charge in [-0.05, 0) is 69.5 Å². The molecular weight excluding hydrogens is 366 g/mol. The van der Waals surface area contributed by atoms with Crippen molar-refractivity contribution in [1.82, 2.24) is 5.32 Å².